The third-order valence-corrected chi connectivity index (χ3v) is 0.830. The molecule has 13 heavy (non-hydrogen) atoms. The maximum Gasteiger partial charge on any atom is 0.431 e. The summed E-state index contributed by atoms with van der Waals surface area (Å²) in [6.07, 6.45) is -0.700. The van der Waals surface area contributed by atoms with Crippen LogP contribution in [0, 0.1) is 0 Å². The molecule has 0 aliphatic carbocycles. The fraction of sp³-hybridized carbons (Fsp3) is 0.750. The van der Waals surface area contributed by atoms with E-state index in [0.29, 0.717) is 0 Å². The van der Waals surface area contributed by atoms with Crippen LogP contribution >= 0.6 is 0 Å². The first kappa shape index (κ1) is 11.9. The second-order valence-electron chi connectivity index (χ2n) is 3.59. The molecule has 0 atom stereocenters. The summed E-state index contributed by atoms with van der Waals surface area (Å²) in [4.78, 5) is 25.8. The second-order valence-corrected chi connectivity index (χ2v) is 3.59. The Hall–Kier alpha value is -1.10. The van der Waals surface area contributed by atoms with Crippen molar-refractivity contribution in [3.63, 3.8) is 0 Å². The molecule has 1 amide bonds. The molecule has 0 bridgehead atoms. The van der Waals surface area contributed by atoms with Gasteiger partial charge in [-0.2, -0.15) is 5.48 Å². The van der Waals surface area contributed by atoms with Crippen LogP contribution in [0.25, 0.3) is 0 Å². The van der Waals surface area contributed by atoms with E-state index in [9.17, 15) is 9.59 Å². The smallest absolute Gasteiger partial charge is 0.431 e. The van der Waals surface area contributed by atoms with Gasteiger partial charge in [-0.3, -0.25) is 9.63 Å². The number of carbonyl (C=O) groups excluding carboxylic acids is 2. The van der Waals surface area contributed by atoms with Crippen LogP contribution in [0.5, 0.6) is 0 Å². The summed E-state index contributed by atoms with van der Waals surface area (Å²) >= 11 is 0. The van der Waals surface area contributed by atoms with Crippen LogP contribution in [0.2, 0.25) is 0 Å². The van der Waals surface area contributed by atoms with Crippen LogP contribution in [0.3, 0.4) is 0 Å². The monoisotopic (exact) mass is 191 g/mol. The summed E-state index contributed by atoms with van der Waals surface area (Å²) in [6.45, 7) is 6.41. The van der Waals surface area contributed by atoms with Crippen molar-refractivity contribution in [2.45, 2.75) is 33.3 Å². The van der Waals surface area contributed by atoms with Crippen molar-refractivity contribution < 1.29 is 20.6 Å². The standard InChI is InChI=1S/C8H15NO4.H2/c1-6(10)5-12-9-7(11)13-8(2,3)4;/h5H2,1-4H3,(H,9,11);1H. The Morgan fingerprint density at radius 2 is 1.92 bits per heavy atom. The van der Waals surface area contributed by atoms with E-state index in [1.807, 2.05) is 5.48 Å². The van der Waals surface area contributed by atoms with Gasteiger partial charge in [0.05, 0.1) is 0 Å². The van der Waals surface area contributed by atoms with E-state index >= 15 is 0 Å². The molecule has 5 nitrogen and oxygen atoms in total. The molecular weight excluding hydrogens is 174 g/mol. The first-order chi connectivity index (χ1) is 5.81. The van der Waals surface area contributed by atoms with Crippen molar-refractivity contribution in [3.8, 4) is 0 Å². The van der Waals surface area contributed by atoms with Gasteiger partial charge < -0.3 is 4.74 Å². The van der Waals surface area contributed by atoms with Gasteiger partial charge in [-0.15, -0.1) is 0 Å². The van der Waals surface area contributed by atoms with E-state index in [-0.39, 0.29) is 13.8 Å². The lowest BCUT2D eigenvalue weighted by molar-refractivity contribution is -0.123. The topological polar surface area (TPSA) is 64.6 Å². The lowest BCUT2D eigenvalue weighted by atomic mass is 10.2. The zero-order chi connectivity index (χ0) is 10.5. The molecule has 0 unspecified atom stereocenters. The minimum atomic E-state index is -0.700. The predicted octanol–water partition coefficient (Wildman–Crippen LogP) is 1.28. The Bertz CT molecular complexity index is 200. The Morgan fingerprint density at radius 1 is 1.38 bits per heavy atom. The van der Waals surface area contributed by atoms with Crippen LogP contribution in [0.1, 0.15) is 29.1 Å². The number of amides is 1. The number of hydrogen-bond donors (Lipinski definition) is 1. The molecule has 0 aromatic rings. The highest BCUT2D eigenvalue weighted by atomic mass is 16.7. The highest BCUT2D eigenvalue weighted by Crippen LogP contribution is 2.06. The van der Waals surface area contributed by atoms with Gasteiger partial charge in [-0.05, 0) is 27.7 Å². The average Bonchev–Trinajstić information content (AvgIpc) is 1.81. The van der Waals surface area contributed by atoms with Crippen LogP contribution in [-0.4, -0.2) is 24.1 Å². The first-order valence-electron chi connectivity index (χ1n) is 3.91. The van der Waals surface area contributed by atoms with E-state index in [0.717, 1.165) is 0 Å². The largest absolute Gasteiger partial charge is 0.442 e. The fourth-order valence-electron chi connectivity index (χ4n) is 0.496. The van der Waals surface area contributed by atoms with Crippen LogP contribution < -0.4 is 5.48 Å². The molecule has 0 fully saturated rings. The Labute approximate surface area is 78.8 Å². The minimum absolute atomic E-state index is 0. The van der Waals surface area contributed by atoms with Gasteiger partial charge in [0, 0.05) is 1.43 Å². The van der Waals surface area contributed by atoms with E-state index < -0.39 is 11.7 Å². The molecular formula is C8H17NO4. The lowest BCUT2D eigenvalue weighted by Gasteiger charge is -2.19. The number of carbonyl (C=O) groups is 2. The highest BCUT2D eigenvalue weighted by Gasteiger charge is 2.15. The van der Waals surface area contributed by atoms with Crippen molar-refractivity contribution in [1.29, 1.82) is 0 Å². The third-order valence-electron chi connectivity index (χ3n) is 0.830. The molecule has 0 saturated heterocycles. The summed E-state index contributed by atoms with van der Waals surface area (Å²) in [5.74, 6) is -0.170. The van der Waals surface area contributed by atoms with Crippen LogP contribution in [0.4, 0.5) is 4.79 Å². The van der Waals surface area contributed by atoms with E-state index in [2.05, 4.69) is 4.84 Å². The van der Waals surface area contributed by atoms with E-state index in [1.165, 1.54) is 6.92 Å². The summed E-state index contributed by atoms with van der Waals surface area (Å²) in [5.41, 5.74) is 1.42. The SMILES string of the molecule is CC(=O)CONC(=O)OC(C)(C)C.[HH]. The zero-order valence-electron chi connectivity index (χ0n) is 8.34. The van der Waals surface area contributed by atoms with Crippen molar-refractivity contribution >= 4 is 11.9 Å². The first-order valence-corrected chi connectivity index (χ1v) is 3.91. The maximum absolute atomic E-state index is 10.9. The Balaban J connectivity index is 0. The number of ether oxygens (including phenoxy) is 1. The van der Waals surface area contributed by atoms with E-state index in [4.69, 9.17) is 4.74 Å². The number of nitrogens with one attached hydrogen (secondary N) is 1. The number of hydroxylamine groups is 1. The minimum Gasteiger partial charge on any atom is -0.442 e. The molecule has 0 rings (SSSR count). The van der Waals surface area contributed by atoms with Crippen molar-refractivity contribution in [3.05, 3.63) is 0 Å². The lowest BCUT2D eigenvalue weighted by Crippen LogP contribution is -2.33. The maximum atomic E-state index is 10.9. The van der Waals surface area contributed by atoms with Gasteiger partial charge in [-0.1, -0.05) is 0 Å². The zero-order valence-corrected chi connectivity index (χ0v) is 8.34. The molecule has 78 valence electrons. The number of hydrogen-bond acceptors (Lipinski definition) is 4. The molecule has 0 aromatic carbocycles. The summed E-state index contributed by atoms with van der Waals surface area (Å²) in [6, 6.07) is 0. The van der Waals surface area contributed by atoms with E-state index in [1.54, 1.807) is 20.8 Å². The molecule has 0 saturated carbocycles. The van der Waals surface area contributed by atoms with Crippen molar-refractivity contribution in [1.82, 2.24) is 5.48 Å². The van der Waals surface area contributed by atoms with Crippen molar-refractivity contribution in [2.75, 3.05) is 6.61 Å². The molecule has 0 heterocycles. The predicted molar refractivity (Wildman–Crippen MR) is 48.1 cm³/mol. The molecule has 0 spiro atoms. The van der Waals surface area contributed by atoms with Crippen molar-refractivity contribution in [2.24, 2.45) is 0 Å². The average molecular weight is 191 g/mol. The second kappa shape index (κ2) is 4.81. The van der Waals surface area contributed by atoms with Crippen LogP contribution in [0.15, 0.2) is 0 Å². The quantitative estimate of drug-likeness (QED) is 0.682. The Morgan fingerprint density at radius 3 is 2.31 bits per heavy atom. The summed E-state index contributed by atoms with van der Waals surface area (Å²) in [7, 11) is 0. The van der Waals surface area contributed by atoms with Gasteiger partial charge in [0.25, 0.3) is 0 Å². The molecule has 0 aliphatic heterocycles. The summed E-state index contributed by atoms with van der Waals surface area (Å²) < 4.78 is 4.83. The van der Waals surface area contributed by atoms with Gasteiger partial charge in [-0.25, -0.2) is 4.79 Å². The molecule has 0 radical (unpaired) electrons. The molecule has 0 aromatic heterocycles. The van der Waals surface area contributed by atoms with Gasteiger partial charge in [0.15, 0.2) is 5.78 Å². The van der Waals surface area contributed by atoms with Crippen LogP contribution in [-0.2, 0) is 14.4 Å². The number of rotatable bonds is 3. The number of Topliss-reactive ketones (excluding diaryl/α,β-unsaturated/α-hetero) is 1. The fourth-order valence-corrected chi connectivity index (χ4v) is 0.496. The third kappa shape index (κ3) is 8.81. The molecule has 0 aliphatic rings. The summed E-state index contributed by atoms with van der Waals surface area (Å²) in [5, 5.41) is 0. The molecule has 5 heteroatoms. The van der Waals surface area contributed by atoms with Gasteiger partial charge in [0.2, 0.25) is 0 Å². The van der Waals surface area contributed by atoms with Gasteiger partial charge >= 0.3 is 6.09 Å². The number of ketones is 1. The normalized spacial score (nSPS) is 10.8. The van der Waals surface area contributed by atoms with Gasteiger partial charge in [0.1, 0.15) is 12.2 Å². The highest BCUT2D eigenvalue weighted by molar-refractivity contribution is 5.77. The Kier molecular flexibility index (Phi) is 4.40. The molecule has 1 N–H and O–H groups in total.